The van der Waals surface area contributed by atoms with E-state index in [1.807, 2.05) is 0 Å². The Balaban J connectivity index is 1.78. The van der Waals surface area contributed by atoms with Crippen molar-refractivity contribution in [2.75, 3.05) is 10.6 Å². The lowest BCUT2D eigenvalue weighted by Crippen LogP contribution is -2.17. The molecule has 0 aliphatic rings. The molecule has 0 radical (unpaired) electrons. The van der Waals surface area contributed by atoms with E-state index >= 15 is 0 Å². The Morgan fingerprint density at radius 3 is 1.71 bits per heavy atom. The quantitative estimate of drug-likeness (QED) is 0.627. The second-order valence-electron chi connectivity index (χ2n) is 4.91. The fourth-order valence-corrected chi connectivity index (χ4v) is 1.87. The van der Waals surface area contributed by atoms with E-state index in [0.29, 0.717) is 11.4 Å². The van der Waals surface area contributed by atoms with Crippen LogP contribution >= 0.6 is 0 Å². The Morgan fingerprint density at radius 1 is 0.875 bits per heavy atom. The number of nitro benzene ring substituents is 1. The average molecular weight is 331 g/mol. The number of hydrogen-bond donors (Lipinski definition) is 2. The topological polar surface area (TPSA) is 101 Å². The van der Waals surface area contributed by atoms with Crippen molar-refractivity contribution in [1.82, 2.24) is 0 Å². The van der Waals surface area contributed by atoms with E-state index < -0.39 is 16.6 Å². The van der Waals surface area contributed by atoms with Gasteiger partial charge in [-0.25, -0.2) is 4.39 Å². The van der Waals surface area contributed by atoms with Crippen molar-refractivity contribution in [2.24, 2.45) is 0 Å². The Kier molecular flexibility index (Phi) is 5.56. The second kappa shape index (κ2) is 7.82. The first-order valence-corrected chi connectivity index (χ1v) is 7.04. The summed E-state index contributed by atoms with van der Waals surface area (Å²) >= 11 is 0. The molecule has 0 saturated heterocycles. The number of non-ortho nitro benzene ring substituents is 1. The van der Waals surface area contributed by atoms with Crippen LogP contribution < -0.4 is 10.6 Å². The van der Waals surface area contributed by atoms with Crippen LogP contribution in [0, 0.1) is 15.9 Å². The number of nitro groups is 1. The molecule has 8 heteroatoms. The molecule has 7 nitrogen and oxygen atoms in total. The lowest BCUT2D eigenvalue weighted by molar-refractivity contribution is -0.384. The summed E-state index contributed by atoms with van der Waals surface area (Å²) in [5.41, 5.74) is 0.772. The predicted octanol–water partition coefficient (Wildman–Crippen LogP) is 3.09. The van der Waals surface area contributed by atoms with Gasteiger partial charge >= 0.3 is 0 Å². The number of carbonyl (C=O) groups excluding carboxylic acids is 2. The fourth-order valence-electron chi connectivity index (χ4n) is 1.87. The number of rotatable bonds is 6. The maximum absolute atomic E-state index is 12.8. The van der Waals surface area contributed by atoms with Crippen LogP contribution in [0.2, 0.25) is 0 Å². The van der Waals surface area contributed by atoms with Crippen molar-refractivity contribution in [3.05, 3.63) is 64.5 Å². The van der Waals surface area contributed by atoms with Crippen LogP contribution in [0.1, 0.15) is 12.8 Å². The second-order valence-corrected chi connectivity index (χ2v) is 4.91. The zero-order chi connectivity index (χ0) is 17.5. The van der Waals surface area contributed by atoms with Crippen LogP contribution in [-0.4, -0.2) is 16.7 Å². The maximum atomic E-state index is 12.8. The van der Waals surface area contributed by atoms with Crippen LogP contribution in [0.15, 0.2) is 48.5 Å². The SMILES string of the molecule is O=C(CCC(=O)Nc1ccc([N+](=O)[O-])cc1)Nc1ccc(F)cc1. The van der Waals surface area contributed by atoms with Gasteiger partial charge < -0.3 is 10.6 Å². The molecule has 2 N–H and O–H groups in total. The molecule has 0 saturated carbocycles. The summed E-state index contributed by atoms with van der Waals surface area (Å²) in [6.07, 6.45) is -0.0970. The summed E-state index contributed by atoms with van der Waals surface area (Å²) in [6, 6.07) is 10.7. The molecule has 0 aliphatic carbocycles. The number of nitrogens with zero attached hydrogens (tertiary/aromatic N) is 1. The Morgan fingerprint density at radius 2 is 1.29 bits per heavy atom. The van der Waals surface area contributed by atoms with Gasteiger partial charge in [-0.3, -0.25) is 19.7 Å². The molecule has 0 fully saturated rings. The Bertz CT molecular complexity index is 745. The van der Waals surface area contributed by atoms with Gasteiger partial charge in [0.05, 0.1) is 4.92 Å². The van der Waals surface area contributed by atoms with Crippen LogP contribution in [-0.2, 0) is 9.59 Å². The molecule has 2 aromatic carbocycles. The molecule has 0 aliphatic heterocycles. The highest BCUT2D eigenvalue weighted by Crippen LogP contribution is 2.15. The normalized spacial score (nSPS) is 10.0. The van der Waals surface area contributed by atoms with Crippen molar-refractivity contribution < 1.29 is 18.9 Å². The third-order valence-electron chi connectivity index (χ3n) is 3.07. The minimum Gasteiger partial charge on any atom is -0.326 e. The minimum absolute atomic E-state index is 0.0454. The van der Waals surface area contributed by atoms with Crippen LogP contribution in [0.5, 0.6) is 0 Å². The first-order chi connectivity index (χ1) is 11.4. The van der Waals surface area contributed by atoms with E-state index in [2.05, 4.69) is 10.6 Å². The number of amides is 2. The predicted molar refractivity (Wildman–Crippen MR) is 86.0 cm³/mol. The van der Waals surface area contributed by atoms with Gasteiger partial charge in [0.2, 0.25) is 11.8 Å². The van der Waals surface area contributed by atoms with Crippen LogP contribution in [0.25, 0.3) is 0 Å². The number of anilines is 2. The first kappa shape index (κ1) is 17.1. The number of hydrogen-bond acceptors (Lipinski definition) is 4. The summed E-state index contributed by atoms with van der Waals surface area (Å²) in [6.45, 7) is 0. The zero-order valence-electron chi connectivity index (χ0n) is 12.5. The molecule has 0 unspecified atom stereocenters. The number of carbonyl (C=O) groups is 2. The number of halogens is 1. The van der Waals surface area contributed by atoms with Gasteiger partial charge in [-0.15, -0.1) is 0 Å². The van der Waals surface area contributed by atoms with Gasteiger partial charge in [0, 0.05) is 36.3 Å². The molecule has 2 rings (SSSR count). The standard InChI is InChI=1S/C16H14FN3O4/c17-11-1-3-12(4-2-11)18-15(21)9-10-16(22)19-13-5-7-14(8-6-13)20(23)24/h1-8H,9-10H2,(H,18,21)(H,19,22). The summed E-state index contributed by atoms with van der Waals surface area (Å²) < 4.78 is 12.8. The third-order valence-corrected chi connectivity index (χ3v) is 3.07. The van der Waals surface area contributed by atoms with E-state index in [1.165, 1.54) is 48.5 Å². The molecule has 2 amide bonds. The highest BCUT2D eigenvalue weighted by Gasteiger charge is 2.09. The van der Waals surface area contributed by atoms with Crippen molar-refractivity contribution in [2.45, 2.75) is 12.8 Å². The third kappa shape index (κ3) is 5.16. The molecule has 0 bridgehead atoms. The monoisotopic (exact) mass is 331 g/mol. The van der Waals surface area contributed by atoms with Crippen LogP contribution in [0.4, 0.5) is 21.5 Å². The highest BCUT2D eigenvalue weighted by atomic mass is 19.1. The van der Waals surface area contributed by atoms with Gasteiger partial charge in [0.1, 0.15) is 5.82 Å². The van der Waals surface area contributed by atoms with Crippen molar-refractivity contribution in [3.8, 4) is 0 Å². The summed E-state index contributed by atoms with van der Waals surface area (Å²) in [4.78, 5) is 33.5. The van der Waals surface area contributed by atoms with Crippen molar-refractivity contribution in [3.63, 3.8) is 0 Å². The molecule has 124 valence electrons. The molecule has 0 heterocycles. The molecule has 24 heavy (non-hydrogen) atoms. The largest absolute Gasteiger partial charge is 0.326 e. The van der Waals surface area contributed by atoms with Crippen molar-refractivity contribution >= 4 is 28.9 Å². The Labute approximate surface area is 136 Å². The lowest BCUT2D eigenvalue weighted by atomic mass is 10.2. The smallest absolute Gasteiger partial charge is 0.269 e. The van der Waals surface area contributed by atoms with E-state index in [1.54, 1.807) is 0 Å². The summed E-state index contributed by atoms with van der Waals surface area (Å²) in [5.74, 6) is -1.17. The summed E-state index contributed by atoms with van der Waals surface area (Å²) in [5, 5.41) is 15.6. The summed E-state index contributed by atoms with van der Waals surface area (Å²) in [7, 11) is 0. The van der Waals surface area contributed by atoms with E-state index in [4.69, 9.17) is 0 Å². The average Bonchev–Trinajstić information content (AvgIpc) is 2.55. The molecular formula is C16H14FN3O4. The molecule has 0 spiro atoms. The van der Waals surface area contributed by atoms with E-state index in [9.17, 15) is 24.1 Å². The van der Waals surface area contributed by atoms with Crippen LogP contribution in [0.3, 0.4) is 0 Å². The van der Waals surface area contributed by atoms with Gasteiger partial charge in [-0.1, -0.05) is 0 Å². The molecule has 0 aromatic heterocycles. The van der Waals surface area contributed by atoms with Gasteiger partial charge in [0.15, 0.2) is 0 Å². The fraction of sp³-hybridized carbons (Fsp3) is 0.125. The van der Waals surface area contributed by atoms with Gasteiger partial charge in [-0.2, -0.15) is 0 Å². The number of nitrogens with one attached hydrogen (secondary N) is 2. The lowest BCUT2D eigenvalue weighted by Gasteiger charge is -2.06. The van der Waals surface area contributed by atoms with E-state index in [-0.39, 0.29) is 24.4 Å². The maximum Gasteiger partial charge on any atom is 0.269 e. The molecule has 0 atom stereocenters. The minimum atomic E-state index is -0.536. The number of benzene rings is 2. The van der Waals surface area contributed by atoms with Gasteiger partial charge in [-0.05, 0) is 36.4 Å². The highest BCUT2D eigenvalue weighted by molar-refractivity contribution is 5.96. The zero-order valence-corrected chi connectivity index (χ0v) is 12.5. The first-order valence-electron chi connectivity index (χ1n) is 7.04. The van der Waals surface area contributed by atoms with E-state index in [0.717, 1.165) is 0 Å². The molecular weight excluding hydrogens is 317 g/mol. The Hall–Kier alpha value is -3.29. The van der Waals surface area contributed by atoms with Gasteiger partial charge in [0.25, 0.3) is 5.69 Å². The van der Waals surface area contributed by atoms with Crippen molar-refractivity contribution in [1.29, 1.82) is 0 Å². The molecule has 2 aromatic rings.